The van der Waals surface area contributed by atoms with E-state index in [1.165, 1.54) is 0 Å². The molecule has 0 fully saturated rings. The molecule has 0 aliphatic heterocycles. The fraction of sp³-hybridized carbons (Fsp3) is 0. The van der Waals surface area contributed by atoms with Gasteiger partial charge in [-0.3, -0.25) is 4.79 Å². The van der Waals surface area contributed by atoms with Crippen molar-refractivity contribution in [2.45, 2.75) is 0 Å². The number of halogens is 1. The van der Waals surface area contributed by atoms with Crippen LogP contribution in [0.3, 0.4) is 0 Å². The normalized spacial score (nSPS) is 11.3. The quantitative estimate of drug-likeness (QED) is 0.584. The zero-order chi connectivity index (χ0) is 14.4. The summed E-state index contributed by atoms with van der Waals surface area (Å²) in [5.74, 6) is 0. The van der Waals surface area contributed by atoms with Crippen LogP contribution < -0.4 is 5.56 Å². The fourth-order valence-electron chi connectivity index (χ4n) is 2.48. The summed E-state index contributed by atoms with van der Waals surface area (Å²) < 4.78 is 1.74. The molecule has 1 N–H and O–H groups in total. The molecule has 4 aromatic rings. The van der Waals surface area contributed by atoms with Gasteiger partial charge in [-0.05, 0) is 24.3 Å². The van der Waals surface area contributed by atoms with Crippen LogP contribution in [-0.4, -0.2) is 14.6 Å². The second-order valence-corrected chi connectivity index (χ2v) is 5.24. The second kappa shape index (κ2) is 4.46. The minimum atomic E-state index is -0.115. The first kappa shape index (κ1) is 12.2. The monoisotopic (exact) mass is 295 g/mol. The third-order valence-corrected chi connectivity index (χ3v) is 3.68. The first-order chi connectivity index (χ1) is 10.2. The summed E-state index contributed by atoms with van der Waals surface area (Å²) >= 11 is 6.02. The molecule has 4 nitrogen and oxygen atoms in total. The van der Waals surface area contributed by atoms with Gasteiger partial charge in [0.1, 0.15) is 5.65 Å². The molecule has 0 aliphatic rings. The Morgan fingerprint density at radius 1 is 1.05 bits per heavy atom. The maximum absolute atomic E-state index is 12.1. The first-order valence-electron chi connectivity index (χ1n) is 6.49. The van der Waals surface area contributed by atoms with E-state index in [1.54, 1.807) is 10.6 Å². The molecular weight excluding hydrogens is 286 g/mol. The van der Waals surface area contributed by atoms with Crippen LogP contribution in [-0.2, 0) is 0 Å². The van der Waals surface area contributed by atoms with Crippen molar-refractivity contribution in [2.24, 2.45) is 0 Å². The van der Waals surface area contributed by atoms with Crippen molar-refractivity contribution in [3.8, 4) is 11.3 Å². The predicted octanol–water partition coefficient (Wildman–Crippen LogP) is 3.50. The zero-order valence-corrected chi connectivity index (χ0v) is 11.6. The van der Waals surface area contributed by atoms with Crippen LogP contribution in [0.15, 0.2) is 59.4 Å². The predicted molar refractivity (Wildman–Crippen MR) is 83.8 cm³/mol. The van der Waals surface area contributed by atoms with Crippen molar-refractivity contribution < 1.29 is 0 Å². The number of benzene rings is 2. The average Bonchev–Trinajstić information content (AvgIpc) is 2.92. The second-order valence-electron chi connectivity index (χ2n) is 4.81. The van der Waals surface area contributed by atoms with Crippen LogP contribution in [0.4, 0.5) is 0 Å². The number of para-hydroxylation sites is 1. The molecule has 0 saturated heterocycles. The summed E-state index contributed by atoms with van der Waals surface area (Å²) in [4.78, 5) is 14.9. The lowest BCUT2D eigenvalue weighted by Crippen LogP contribution is -2.09. The molecule has 2 aromatic heterocycles. The number of H-pyrrole nitrogens is 1. The van der Waals surface area contributed by atoms with Gasteiger partial charge in [-0.25, -0.2) is 4.52 Å². The summed E-state index contributed by atoms with van der Waals surface area (Å²) in [7, 11) is 0. The third kappa shape index (κ3) is 1.92. The molecule has 0 saturated carbocycles. The SMILES string of the molecule is O=c1[nH]c2cc(-c3cccc(Cl)c3)nn2c2ccccc12. The molecule has 2 aromatic carbocycles. The van der Waals surface area contributed by atoms with Crippen molar-refractivity contribution in [1.29, 1.82) is 0 Å². The van der Waals surface area contributed by atoms with Gasteiger partial charge in [-0.1, -0.05) is 35.9 Å². The lowest BCUT2D eigenvalue weighted by atomic mass is 10.1. The van der Waals surface area contributed by atoms with Crippen LogP contribution >= 0.6 is 11.6 Å². The van der Waals surface area contributed by atoms with Crippen LogP contribution in [0, 0.1) is 0 Å². The standard InChI is InChI=1S/C16H10ClN3O/c17-11-5-3-4-10(8-11)13-9-15-18-16(21)12-6-1-2-7-14(12)20(15)19-13/h1-9H,(H,18,21). The van der Waals surface area contributed by atoms with E-state index in [0.29, 0.717) is 16.1 Å². The molecule has 21 heavy (non-hydrogen) atoms. The fourth-order valence-corrected chi connectivity index (χ4v) is 2.67. The number of aromatic amines is 1. The van der Waals surface area contributed by atoms with Gasteiger partial charge in [0.05, 0.1) is 16.6 Å². The van der Waals surface area contributed by atoms with E-state index in [1.807, 2.05) is 48.5 Å². The number of nitrogens with zero attached hydrogens (tertiary/aromatic N) is 2. The van der Waals surface area contributed by atoms with Gasteiger partial charge in [0.25, 0.3) is 5.56 Å². The molecule has 0 atom stereocenters. The van der Waals surface area contributed by atoms with Gasteiger partial charge in [-0.2, -0.15) is 5.10 Å². The lowest BCUT2D eigenvalue weighted by Gasteiger charge is -1.99. The van der Waals surface area contributed by atoms with Gasteiger partial charge in [-0.15, -0.1) is 0 Å². The Morgan fingerprint density at radius 3 is 2.76 bits per heavy atom. The van der Waals surface area contributed by atoms with E-state index in [2.05, 4.69) is 10.1 Å². The average molecular weight is 296 g/mol. The number of rotatable bonds is 1. The molecule has 0 spiro atoms. The maximum Gasteiger partial charge on any atom is 0.259 e. The Labute approximate surface area is 124 Å². The van der Waals surface area contributed by atoms with E-state index in [4.69, 9.17) is 11.6 Å². The highest BCUT2D eigenvalue weighted by atomic mass is 35.5. The first-order valence-corrected chi connectivity index (χ1v) is 6.87. The van der Waals surface area contributed by atoms with Crippen LogP contribution in [0.2, 0.25) is 5.02 Å². The summed E-state index contributed by atoms with van der Waals surface area (Å²) in [6, 6.07) is 16.7. The zero-order valence-electron chi connectivity index (χ0n) is 10.9. The molecule has 0 bridgehead atoms. The Balaban J connectivity index is 2.07. The molecule has 4 rings (SSSR count). The number of aromatic nitrogens is 3. The lowest BCUT2D eigenvalue weighted by molar-refractivity contribution is 0.981. The van der Waals surface area contributed by atoms with Gasteiger partial charge in [0.2, 0.25) is 0 Å². The van der Waals surface area contributed by atoms with E-state index >= 15 is 0 Å². The van der Waals surface area contributed by atoms with E-state index in [9.17, 15) is 4.79 Å². The van der Waals surface area contributed by atoms with Gasteiger partial charge in [0, 0.05) is 16.7 Å². The number of nitrogens with one attached hydrogen (secondary N) is 1. The van der Waals surface area contributed by atoms with E-state index in [0.717, 1.165) is 16.8 Å². The van der Waals surface area contributed by atoms with Crippen molar-refractivity contribution in [3.05, 3.63) is 70.0 Å². The Hall–Kier alpha value is -2.59. The molecule has 0 unspecified atom stereocenters. The summed E-state index contributed by atoms with van der Waals surface area (Å²) in [6.45, 7) is 0. The highest BCUT2D eigenvalue weighted by Gasteiger charge is 2.09. The highest BCUT2D eigenvalue weighted by Crippen LogP contribution is 2.23. The largest absolute Gasteiger partial charge is 0.306 e. The topological polar surface area (TPSA) is 50.2 Å². The molecule has 5 heteroatoms. The van der Waals surface area contributed by atoms with Gasteiger partial charge >= 0.3 is 0 Å². The number of hydrogen-bond acceptors (Lipinski definition) is 2. The molecule has 2 heterocycles. The summed E-state index contributed by atoms with van der Waals surface area (Å²) in [5.41, 5.74) is 3.01. The molecule has 0 aliphatic carbocycles. The van der Waals surface area contributed by atoms with Crippen LogP contribution in [0.5, 0.6) is 0 Å². The van der Waals surface area contributed by atoms with Gasteiger partial charge in [0.15, 0.2) is 0 Å². The minimum Gasteiger partial charge on any atom is -0.306 e. The number of fused-ring (bicyclic) bond motifs is 3. The summed E-state index contributed by atoms with van der Waals surface area (Å²) in [6.07, 6.45) is 0. The minimum absolute atomic E-state index is 0.115. The Kier molecular flexibility index (Phi) is 2.59. The molecular formula is C16H10ClN3O. The summed E-state index contributed by atoms with van der Waals surface area (Å²) in [5, 5.41) is 5.85. The van der Waals surface area contributed by atoms with Crippen molar-refractivity contribution >= 4 is 28.2 Å². The smallest absolute Gasteiger partial charge is 0.259 e. The third-order valence-electron chi connectivity index (χ3n) is 3.45. The Morgan fingerprint density at radius 2 is 1.90 bits per heavy atom. The van der Waals surface area contributed by atoms with Crippen molar-refractivity contribution in [1.82, 2.24) is 14.6 Å². The number of hydrogen-bond donors (Lipinski definition) is 1. The van der Waals surface area contributed by atoms with Crippen molar-refractivity contribution in [2.75, 3.05) is 0 Å². The Bertz CT molecular complexity index is 1030. The van der Waals surface area contributed by atoms with E-state index in [-0.39, 0.29) is 5.56 Å². The molecule has 0 radical (unpaired) electrons. The van der Waals surface area contributed by atoms with Crippen LogP contribution in [0.1, 0.15) is 0 Å². The van der Waals surface area contributed by atoms with E-state index < -0.39 is 0 Å². The maximum atomic E-state index is 12.1. The van der Waals surface area contributed by atoms with Gasteiger partial charge < -0.3 is 4.98 Å². The molecule has 0 amide bonds. The highest BCUT2D eigenvalue weighted by molar-refractivity contribution is 6.30. The molecule has 102 valence electrons. The van der Waals surface area contributed by atoms with Crippen LogP contribution in [0.25, 0.3) is 27.8 Å². The van der Waals surface area contributed by atoms with Crippen molar-refractivity contribution in [3.63, 3.8) is 0 Å².